The maximum absolute atomic E-state index is 13.3. The second kappa shape index (κ2) is 9.60. The van der Waals surface area contributed by atoms with Gasteiger partial charge in [-0.1, -0.05) is 18.2 Å². The third-order valence-corrected chi connectivity index (χ3v) is 7.40. The molecule has 1 amide bonds. The van der Waals surface area contributed by atoms with Gasteiger partial charge < -0.3 is 5.32 Å². The summed E-state index contributed by atoms with van der Waals surface area (Å²) in [6, 6.07) is 9.83. The van der Waals surface area contributed by atoms with Gasteiger partial charge in [0.1, 0.15) is 0 Å². The Morgan fingerprint density at radius 3 is 2.34 bits per heavy atom. The Labute approximate surface area is 186 Å². The largest absolute Gasteiger partial charge is 0.416 e. The van der Waals surface area contributed by atoms with E-state index in [9.17, 15) is 26.4 Å². The lowest BCUT2D eigenvalue weighted by Crippen LogP contribution is -2.35. The first kappa shape index (κ1) is 24.2. The van der Waals surface area contributed by atoms with Gasteiger partial charge in [0.2, 0.25) is 15.9 Å². The lowest BCUT2D eigenvalue weighted by molar-refractivity contribution is -0.137. The molecule has 0 atom stereocenters. The molecular weight excluding hydrogens is 443 g/mol. The molecule has 0 aliphatic carbocycles. The number of benzene rings is 2. The van der Waals surface area contributed by atoms with Crippen molar-refractivity contribution in [3.8, 4) is 0 Å². The van der Waals surface area contributed by atoms with Crippen molar-refractivity contribution in [2.75, 3.05) is 31.5 Å². The van der Waals surface area contributed by atoms with E-state index in [0.717, 1.165) is 17.7 Å². The lowest BCUT2D eigenvalue weighted by atomic mass is 10.1. The van der Waals surface area contributed by atoms with Crippen molar-refractivity contribution in [2.24, 2.45) is 0 Å². The van der Waals surface area contributed by atoms with Crippen molar-refractivity contribution in [3.05, 3.63) is 59.2 Å². The second-order valence-corrected chi connectivity index (χ2v) is 9.80. The van der Waals surface area contributed by atoms with Crippen molar-refractivity contribution in [2.45, 2.75) is 37.9 Å². The van der Waals surface area contributed by atoms with Crippen LogP contribution in [0, 0.1) is 6.92 Å². The van der Waals surface area contributed by atoms with Crippen LogP contribution in [0.25, 0.3) is 0 Å². The number of carbonyl (C=O) groups is 1. The zero-order valence-electron chi connectivity index (χ0n) is 17.9. The summed E-state index contributed by atoms with van der Waals surface area (Å²) < 4.78 is 66.2. The highest BCUT2D eigenvalue weighted by Gasteiger charge is 2.31. The molecule has 6 nitrogen and oxygen atoms in total. The molecule has 1 aliphatic rings. The molecule has 1 saturated heterocycles. The van der Waals surface area contributed by atoms with Gasteiger partial charge in [0.05, 0.1) is 10.5 Å². The van der Waals surface area contributed by atoms with Crippen molar-refractivity contribution >= 4 is 21.6 Å². The maximum atomic E-state index is 13.3. The normalized spacial score (nSPS) is 16.5. The van der Waals surface area contributed by atoms with Gasteiger partial charge in [0.15, 0.2) is 0 Å². The number of carbonyl (C=O) groups excluding carboxylic acids is 1. The highest BCUT2D eigenvalue weighted by Crippen LogP contribution is 2.29. The van der Waals surface area contributed by atoms with Crippen LogP contribution in [-0.2, 0) is 27.5 Å². The highest BCUT2D eigenvalue weighted by molar-refractivity contribution is 7.89. The van der Waals surface area contributed by atoms with E-state index in [4.69, 9.17) is 0 Å². The van der Waals surface area contributed by atoms with E-state index in [0.29, 0.717) is 43.9 Å². The van der Waals surface area contributed by atoms with Crippen LogP contribution in [0.15, 0.2) is 47.4 Å². The highest BCUT2D eigenvalue weighted by atomic mass is 32.2. The first-order chi connectivity index (χ1) is 15.0. The first-order valence-electron chi connectivity index (χ1n) is 10.2. The van der Waals surface area contributed by atoms with Gasteiger partial charge in [-0.2, -0.15) is 17.5 Å². The molecule has 174 valence electrons. The molecule has 0 aromatic heterocycles. The number of hydrogen-bond donors (Lipinski definition) is 1. The molecule has 0 spiro atoms. The van der Waals surface area contributed by atoms with Crippen LogP contribution in [-0.4, -0.2) is 49.7 Å². The minimum atomic E-state index is -4.37. The molecule has 32 heavy (non-hydrogen) atoms. The minimum Gasteiger partial charge on any atom is -0.326 e. The van der Waals surface area contributed by atoms with Crippen LogP contribution in [0.1, 0.15) is 30.0 Å². The Balaban J connectivity index is 1.70. The van der Waals surface area contributed by atoms with Crippen LogP contribution >= 0.6 is 0 Å². The molecule has 0 unspecified atom stereocenters. The van der Waals surface area contributed by atoms with Gasteiger partial charge in [-0.3, -0.25) is 9.69 Å². The van der Waals surface area contributed by atoms with E-state index < -0.39 is 21.8 Å². The number of rotatable bonds is 5. The summed E-state index contributed by atoms with van der Waals surface area (Å²) in [5, 5.41) is 2.61. The Kier molecular flexibility index (Phi) is 7.26. The zero-order valence-corrected chi connectivity index (χ0v) is 18.8. The number of nitrogens with one attached hydrogen (secondary N) is 1. The number of aryl methyl sites for hydroxylation is 1. The number of alkyl halides is 3. The average Bonchev–Trinajstić information content (AvgIpc) is 2.95. The fourth-order valence-corrected chi connectivity index (χ4v) is 5.42. The van der Waals surface area contributed by atoms with E-state index in [1.54, 1.807) is 19.1 Å². The number of nitrogens with zero attached hydrogens (tertiary/aromatic N) is 2. The molecule has 0 bridgehead atoms. The van der Waals surface area contributed by atoms with Crippen LogP contribution in [0.5, 0.6) is 0 Å². The third-order valence-electron chi connectivity index (χ3n) is 5.36. The van der Waals surface area contributed by atoms with Crippen molar-refractivity contribution < 1.29 is 26.4 Å². The summed E-state index contributed by atoms with van der Waals surface area (Å²) >= 11 is 0. The summed E-state index contributed by atoms with van der Waals surface area (Å²) in [6.07, 6.45) is -3.77. The summed E-state index contributed by atoms with van der Waals surface area (Å²) in [5.41, 5.74) is 1.06. The molecule has 2 aromatic carbocycles. The number of anilines is 1. The Morgan fingerprint density at radius 1 is 1.03 bits per heavy atom. The molecule has 2 aromatic rings. The molecule has 1 aliphatic heterocycles. The zero-order chi connectivity index (χ0) is 23.5. The summed E-state index contributed by atoms with van der Waals surface area (Å²) in [6.45, 7) is 5.22. The number of amides is 1. The topological polar surface area (TPSA) is 69.7 Å². The van der Waals surface area contributed by atoms with Crippen molar-refractivity contribution in [1.82, 2.24) is 9.21 Å². The average molecular weight is 470 g/mol. The van der Waals surface area contributed by atoms with Crippen LogP contribution in [0.2, 0.25) is 0 Å². The van der Waals surface area contributed by atoms with Gasteiger partial charge in [-0.05, 0) is 55.3 Å². The summed E-state index contributed by atoms with van der Waals surface area (Å²) in [5.74, 6) is -0.286. The third kappa shape index (κ3) is 5.87. The van der Waals surface area contributed by atoms with Gasteiger partial charge >= 0.3 is 6.18 Å². The molecule has 0 saturated carbocycles. The Bertz CT molecular complexity index is 1070. The first-order valence-corrected chi connectivity index (χ1v) is 11.7. The molecule has 0 radical (unpaired) electrons. The molecule has 3 rings (SSSR count). The number of sulfonamides is 1. The SMILES string of the molecule is CC(=O)Nc1ccc(C)c(S(=O)(=O)N2CCCN(Cc3ccc(C(F)(F)F)cc3)CC2)c1. The van der Waals surface area contributed by atoms with Gasteiger partial charge in [0, 0.05) is 38.8 Å². The van der Waals surface area contributed by atoms with E-state index in [1.807, 2.05) is 4.90 Å². The fourth-order valence-electron chi connectivity index (χ4n) is 3.70. The molecular formula is C22H26F3N3O3S. The van der Waals surface area contributed by atoms with Crippen LogP contribution in [0.4, 0.5) is 18.9 Å². The van der Waals surface area contributed by atoms with E-state index >= 15 is 0 Å². The summed E-state index contributed by atoms with van der Waals surface area (Å²) in [4.78, 5) is 13.5. The van der Waals surface area contributed by atoms with Crippen molar-refractivity contribution in [3.63, 3.8) is 0 Å². The summed E-state index contributed by atoms with van der Waals surface area (Å²) in [7, 11) is -3.76. The minimum absolute atomic E-state index is 0.153. The Morgan fingerprint density at radius 2 is 1.72 bits per heavy atom. The number of hydrogen-bond acceptors (Lipinski definition) is 4. The quantitative estimate of drug-likeness (QED) is 0.722. The molecule has 10 heteroatoms. The van der Waals surface area contributed by atoms with Gasteiger partial charge in [-0.25, -0.2) is 8.42 Å². The molecule has 1 heterocycles. The second-order valence-electron chi connectivity index (χ2n) is 7.89. The van der Waals surface area contributed by atoms with E-state index in [1.165, 1.54) is 29.4 Å². The smallest absolute Gasteiger partial charge is 0.326 e. The predicted octanol–water partition coefficient (Wildman–Crippen LogP) is 3.87. The molecule has 1 fully saturated rings. The standard InChI is InChI=1S/C22H26F3N3O3S/c1-16-4-9-20(26-17(2)29)14-21(16)32(30,31)28-11-3-10-27(12-13-28)15-18-5-7-19(8-6-18)22(23,24)25/h4-9,14H,3,10-13,15H2,1-2H3,(H,26,29). The van der Waals surface area contributed by atoms with Crippen molar-refractivity contribution in [1.29, 1.82) is 0 Å². The fraction of sp³-hybridized carbons (Fsp3) is 0.409. The van der Waals surface area contributed by atoms with Gasteiger partial charge in [-0.15, -0.1) is 0 Å². The van der Waals surface area contributed by atoms with E-state index in [-0.39, 0.29) is 17.3 Å². The number of halogens is 3. The lowest BCUT2D eigenvalue weighted by Gasteiger charge is -2.23. The Hall–Kier alpha value is -2.43. The maximum Gasteiger partial charge on any atom is 0.416 e. The van der Waals surface area contributed by atoms with E-state index in [2.05, 4.69) is 5.32 Å². The molecule has 1 N–H and O–H groups in total. The van der Waals surface area contributed by atoms with Crippen LogP contribution < -0.4 is 5.32 Å². The monoisotopic (exact) mass is 469 g/mol. The predicted molar refractivity (Wildman–Crippen MR) is 116 cm³/mol. The van der Waals surface area contributed by atoms with Gasteiger partial charge in [0.25, 0.3) is 0 Å². The van der Waals surface area contributed by atoms with Crippen LogP contribution in [0.3, 0.4) is 0 Å².